The summed E-state index contributed by atoms with van der Waals surface area (Å²) in [4.78, 5) is 12.0. The van der Waals surface area contributed by atoms with Crippen LogP contribution >= 0.6 is 15.9 Å². The van der Waals surface area contributed by atoms with Crippen LogP contribution in [0.2, 0.25) is 0 Å². The average molecular weight is 394 g/mol. The summed E-state index contributed by atoms with van der Waals surface area (Å²) in [6, 6.07) is 10.3. The molecule has 24 heavy (non-hydrogen) atoms. The van der Waals surface area contributed by atoms with E-state index in [1.807, 2.05) is 39.8 Å². The van der Waals surface area contributed by atoms with Crippen molar-refractivity contribution in [3.05, 3.63) is 63.4 Å². The molecule has 2 aromatic rings. The zero-order chi connectivity index (χ0) is 17.9. The van der Waals surface area contributed by atoms with Crippen LogP contribution in [0.5, 0.6) is 0 Å². The van der Waals surface area contributed by atoms with Gasteiger partial charge >= 0.3 is 6.09 Å². The predicted molar refractivity (Wildman–Crippen MR) is 97.9 cm³/mol. The van der Waals surface area contributed by atoms with Crippen LogP contribution in [0.3, 0.4) is 0 Å². The molecule has 0 atom stereocenters. The zero-order valence-electron chi connectivity index (χ0n) is 14.2. The molecule has 2 rings (SSSR count). The Labute approximate surface area is 150 Å². The second-order valence-corrected chi connectivity index (χ2v) is 7.45. The fraction of sp³-hybridized carbons (Fsp3) is 0.316. The van der Waals surface area contributed by atoms with Crippen molar-refractivity contribution in [2.75, 3.05) is 5.32 Å². The van der Waals surface area contributed by atoms with Gasteiger partial charge in [-0.3, -0.25) is 5.32 Å². The van der Waals surface area contributed by atoms with E-state index in [9.17, 15) is 9.18 Å². The van der Waals surface area contributed by atoms with Crippen LogP contribution in [0.25, 0.3) is 0 Å². The van der Waals surface area contributed by atoms with E-state index in [0.717, 1.165) is 15.6 Å². The number of carbonyl (C=O) groups excluding carboxylic acids is 1. The number of nitrogens with one attached hydrogen (secondary N) is 1. The molecule has 0 saturated heterocycles. The Balaban J connectivity index is 2.27. The number of halogens is 2. The van der Waals surface area contributed by atoms with E-state index < -0.39 is 11.7 Å². The van der Waals surface area contributed by atoms with Gasteiger partial charge in [0.25, 0.3) is 0 Å². The minimum atomic E-state index is -0.566. The third-order valence-electron chi connectivity index (χ3n) is 3.50. The van der Waals surface area contributed by atoms with E-state index in [4.69, 9.17) is 4.74 Å². The Morgan fingerprint density at radius 1 is 1.21 bits per heavy atom. The number of benzene rings is 2. The monoisotopic (exact) mass is 393 g/mol. The summed E-state index contributed by atoms with van der Waals surface area (Å²) >= 11 is 3.51. The molecule has 0 heterocycles. The van der Waals surface area contributed by atoms with Gasteiger partial charge in [-0.1, -0.05) is 34.1 Å². The number of rotatable bonds is 3. The molecule has 3 nitrogen and oxygen atoms in total. The van der Waals surface area contributed by atoms with Gasteiger partial charge in [0.2, 0.25) is 0 Å². The van der Waals surface area contributed by atoms with Gasteiger partial charge in [0.1, 0.15) is 11.4 Å². The second-order valence-electron chi connectivity index (χ2n) is 6.59. The molecule has 0 saturated carbocycles. The number of amides is 1. The van der Waals surface area contributed by atoms with Crippen molar-refractivity contribution < 1.29 is 13.9 Å². The minimum absolute atomic E-state index is 0.241. The van der Waals surface area contributed by atoms with Gasteiger partial charge in [0.15, 0.2) is 0 Å². The molecule has 0 spiro atoms. The fourth-order valence-corrected chi connectivity index (χ4v) is 2.89. The Bertz CT molecular complexity index is 754. The first kappa shape index (κ1) is 18.5. The Kier molecular flexibility index (Phi) is 5.65. The van der Waals surface area contributed by atoms with E-state index in [1.165, 1.54) is 6.07 Å². The molecule has 0 bridgehead atoms. The van der Waals surface area contributed by atoms with Crippen LogP contribution in [0, 0.1) is 12.7 Å². The summed E-state index contributed by atoms with van der Waals surface area (Å²) < 4.78 is 20.1. The number of ether oxygens (including phenoxy) is 1. The molecular weight excluding hydrogens is 373 g/mol. The van der Waals surface area contributed by atoms with Gasteiger partial charge < -0.3 is 4.74 Å². The van der Waals surface area contributed by atoms with Crippen LogP contribution in [-0.2, 0) is 11.2 Å². The Morgan fingerprint density at radius 2 is 1.88 bits per heavy atom. The highest BCUT2D eigenvalue weighted by Gasteiger charge is 2.18. The van der Waals surface area contributed by atoms with Crippen LogP contribution in [0.15, 0.2) is 40.9 Å². The fourth-order valence-electron chi connectivity index (χ4n) is 2.32. The standard InChI is InChI=1S/C19H21BrFNO2/c1-12-14(11-13-7-5-6-8-16(13)21)15(20)9-10-17(12)22-18(23)24-19(2,3)4/h5-10H,11H2,1-4H3,(H,22,23). The third-order valence-corrected chi connectivity index (χ3v) is 4.24. The van der Waals surface area contributed by atoms with Crippen LogP contribution in [0.4, 0.5) is 14.9 Å². The van der Waals surface area contributed by atoms with Crippen LogP contribution < -0.4 is 5.32 Å². The van der Waals surface area contributed by atoms with Gasteiger partial charge in [0.05, 0.1) is 0 Å². The average Bonchev–Trinajstić information content (AvgIpc) is 2.46. The summed E-state index contributed by atoms with van der Waals surface area (Å²) in [6.45, 7) is 7.33. The molecule has 1 N–H and O–H groups in total. The molecular formula is C19H21BrFNO2. The highest BCUT2D eigenvalue weighted by atomic mass is 79.9. The SMILES string of the molecule is Cc1c(NC(=O)OC(C)(C)C)ccc(Br)c1Cc1ccccc1F. The molecule has 0 aromatic heterocycles. The first-order valence-corrected chi connectivity index (χ1v) is 8.48. The van der Waals surface area contributed by atoms with E-state index in [2.05, 4.69) is 21.2 Å². The van der Waals surface area contributed by atoms with Crippen molar-refractivity contribution in [3.63, 3.8) is 0 Å². The maximum atomic E-state index is 13.9. The molecule has 0 aliphatic carbocycles. The molecule has 0 radical (unpaired) electrons. The molecule has 2 aromatic carbocycles. The maximum absolute atomic E-state index is 13.9. The van der Waals surface area contributed by atoms with Crippen molar-refractivity contribution in [2.45, 2.75) is 39.7 Å². The quantitative estimate of drug-likeness (QED) is 0.711. The summed E-state index contributed by atoms with van der Waals surface area (Å²) in [5.74, 6) is -0.241. The molecule has 128 valence electrons. The van der Waals surface area contributed by atoms with Crippen LogP contribution in [0.1, 0.15) is 37.5 Å². The van der Waals surface area contributed by atoms with Crippen molar-refractivity contribution in [1.29, 1.82) is 0 Å². The largest absolute Gasteiger partial charge is 0.444 e. The number of carbonyl (C=O) groups is 1. The molecule has 5 heteroatoms. The predicted octanol–water partition coefficient (Wildman–Crippen LogP) is 5.83. The summed E-state index contributed by atoms with van der Waals surface area (Å²) in [5.41, 5.74) is 2.49. The zero-order valence-corrected chi connectivity index (χ0v) is 15.8. The molecule has 0 unspecified atom stereocenters. The van der Waals surface area contributed by atoms with Gasteiger partial charge in [-0.2, -0.15) is 0 Å². The van der Waals surface area contributed by atoms with Gasteiger partial charge in [0, 0.05) is 16.6 Å². The summed E-state index contributed by atoms with van der Waals surface area (Å²) in [5, 5.41) is 2.76. The highest BCUT2D eigenvalue weighted by molar-refractivity contribution is 9.10. The number of hydrogen-bond acceptors (Lipinski definition) is 2. The molecule has 0 aliphatic heterocycles. The number of anilines is 1. The third kappa shape index (κ3) is 4.81. The first-order chi connectivity index (χ1) is 11.2. The van der Waals surface area contributed by atoms with E-state index in [-0.39, 0.29) is 5.82 Å². The van der Waals surface area contributed by atoms with Gasteiger partial charge in [-0.15, -0.1) is 0 Å². The number of hydrogen-bond donors (Lipinski definition) is 1. The lowest BCUT2D eigenvalue weighted by atomic mass is 9.99. The molecule has 0 fully saturated rings. The summed E-state index contributed by atoms with van der Waals surface area (Å²) in [6.07, 6.45) is -0.0760. The first-order valence-electron chi connectivity index (χ1n) is 7.69. The van der Waals surface area contributed by atoms with E-state index in [0.29, 0.717) is 17.7 Å². The van der Waals surface area contributed by atoms with Crippen molar-refractivity contribution >= 4 is 27.7 Å². The smallest absolute Gasteiger partial charge is 0.412 e. The van der Waals surface area contributed by atoms with Gasteiger partial charge in [-0.25, -0.2) is 9.18 Å². The normalized spacial score (nSPS) is 11.2. The van der Waals surface area contributed by atoms with Crippen LogP contribution in [-0.4, -0.2) is 11.7 Å². The van der Waals surface area contributed by atoms with Gasteiger partial charge in [-0.05, 0) is 62.6 Å². The minimum Gasteiger partial charge on any atom is -0.444 e. The highest BCUT2D eigenvalue weighted by Crippen LogP contribution is 2.30. The lowest BCUT2D eigenvalue weighted by Gasteiger charge is -2.21. The Hall–Kier alpha value is -1.88. The Morgan fingerprint density at radius 3 is 2.50 bits per heavy atom. The molecule has 0 aliphatic rings. The molecule has 1 amide bonds. The lowest BCUT2D eigenvalue weighted by molar-refractivity contribution is 0.0636. The second kappa shape index (κ2) is 7.34. The van der Waals surface area contributed by atoms with E-state index >= 15 is 0 Å². The van der Waals surface area contributed by atoms with Crippen molar-refractivity contribution in [3.8, 4) is 0 Å². The van der Waals surface area contributed by atoms with Crippen molar-refractivity contribution in [2.24, 2.45) is 0 Å². The topological polar surface area (TPSA) is 38.3 Å². The van der Waals surface area contributed by atoms with Crippen molar-refractivity contribution in [1.82, 2.24) is 0 Å². The summed E-state index contributed by atoms with van der Waals surface area (Å²) in [7, 11) is 0. The van der Waals surface area contributed by atoms with E-state index in [1.54, 1.807) is 18.2 Å². The lowest BCUT2D eigenvalue weighted by Crippen LogP contribution is -2.27. The maximum Gasteiger partial charge on any atom is 0.412 e.